The zero-order valence-electron chi connectivity index (χ0n) is 14.3. The summed E-state index contributed by atoms with van der Waals surface area (Å²) in [7, 11) is 0. The van der Waals surface area contributed by atoms with Gasteiger partial charge < -0.3 is 4.52 Å². The number of halogens is 1. The van der Waals surface area contributed by atoms with Crippen LogP contribution in [-0.2, 0) is 0 Å². The highest BCUT2D eigenvalue weighted by Gasteiger charge is 2.39. The summed E-state index contributed by atoms with van der Waals surface area (Å²) in [5.41, 5.74) is 2.73. The van der Waals surface area contributed by atoms with E-state index in [4.69, 9.17) is 4.52 Å². The normalized spacial score (nSPS) is 16.8. The Hall–Kier alpha value is -4.01. The van der Waals surface area contributed by atoms with Crippen LogP contribution >= 0.6 is 0 Å². The molecule has 0 radical (unpaired) electrons. The number of hydrazine groups is 1. The van der Waals surface area contributed by atoms with E-state index in [2.05, 4.69) is 20.1 Å². The summed E-state index contributed by atoms with van der Waals surface area (Å²) in [5, 5.41) is 7.76. The van der Waals surface area contributed by atoms with Crippen molar-refractivity contribution in [2.75, 3.05) is 10.0 Å². The lowest BCUT2D eigenvalue weighted by Gasteiger charge is -2.35. The fourth-order valence-corrected chi connectivity index (χ4v) is 3.55. The molecule has 2 aliphatic heterocycles. The number of rotatable bonds is 2. The van der Waals surface area contributed by atoms with E-state index in [9.17, 15) is 4.39 Å². The van der Waals surface area contributed by atoms with Gasteiger partial charge in [0.2, 0.25) is 0 Å². The third kappa shape index (κ3) is 2.04. The van der Waals surface area contributed by atoms with Gasteiger partial charge in [-0.2, -0.15) is 4.98 Å². The molecule has 0 amide bonds. The van der Waals surface area contributed by atoms with Crippen molar-refractivity contribution in [2.45, 2.75) is 6.17 Å². The van der Waals surface area contributed by atoms with E-state index in [1.54, 1.807) is 36.0 Å². The first-order valence-electron chi connectivity index (χ1n) is 8.62. The van der Waals surface area contributed by atoms with Crippen LogP contribution in [0.4, 0.5) is 16.2 Å². The van der Waals surface area contributed by atoms with Crippen LogP contribution in [0.1, 0.15) is 11.7 Å². The summed E-state index contributed by atoms with van der Waals surface area (Å²) in [6.45, 7) is 0. The van der Waals surface area contributed by atoms with Gasteiger partial charge >= 0.3 is 0 Å². The van der Waals surface area contributed by atoms with Gasteiger partial charge in [-0.25, -0.2) is 24.4 Å². The molecule has 2 aliphatic rings. The van der Waals surface area contributed by atoms with Crippen molar-refractivity contribution in [2.24, 2.45) is 4.99 Å². The number of nitrogens with zero attached hydrogens (tertiary/aromatic N) is 7. The second-order valence-electron chi connectivity index (χ2n) is 6.41. The average Bonchev–Trinajstić information content (AvgIpc) is 3.46. The monoisotopic (exact) mass is 373 g/mol. The number of benzene rings is 2. The first-order chi connectivity index (χ1) is 13.8. The molecule has 0 saturated carbocycles. The molecule has 2 aromatic heterocycles. The van der Waals surface area contributed by atoms with Gasteiger partial charge in [0, 0.05) is 11.1 Å². The zero-order chi connectivity index (χ0) is 18.7. The van der Waals surface area contributed by atoms with E-state index in [0.29, 0.717) is 17.4 Å². The molecule has 0 fully saturated rings. The minimum Gasteiger partial charge on any atom is -0.332 e. The van der Waals surface area contributed by atoms with Crippen LogP contribution in [0.2, 0.25) is 0 Å². The van der Waals surface area contributed by atoms with Crippen LogP contribution in [-0.4, -0.2) is 26.0 Å². The van der Waals surface area contributed by atoms with Crippen LogP contribution in [0.15, 0.2) is 70.6 Å². The topological polar surface area (TPSA) is 75.6 Å². The van der Waals surface area contributed by atoms with Crippen LogP contribution in [0.25, 0.3) is 17.1 Å². The quantitative estimate of drug-likeness (QED) is 0.536. The summed E-state index contributed by atoms with van der Waals surface area (Å²) in [5.74, 6) is 1.16. The largest absolute Gasteiger partial charge is 0.332 e. The molecule has 0 saturated heterocycles. The van der Waals surface area contributed by atoms with Crippen LogP contribution < -0.4 is 10.0 Å². The standard InChI is InChI=1S/C19H12FN7O/c20-13-7-5-12(6-8-13)18-23-19(24-28-18)26-11-22-17-14-3-1-2-4-15(14)25-10-21-9-16(25)27(17)26/h1-11,17H. The van der Waals surface area contributed by atoms with Gasteiger partial charge in [0.25, 0.3) is 11.8 Å². The Balaban J connectivity index is 1.42. The molecule has 0 bridgehead atoms. The second-order valence-corrected chi connectivity index (χ2v) is 6.41. The molecular weight excluding hydrogens is 361 g/mol. The highest BCUT2D eigenvalue weighted by atomic mass is 19.1. The number of aromatic nitrogens is 4. The van der Waals surface area contributed by atoms with E-state index in [1.165, 1.54) is 12.1 Å². The maximum atomic E-state index is 13.2. The molecular formula is C19H12FN7O. The number of aliphatic imine (C=N–C) groups is 1. The Morgan fingerprint density at radius 2 is 1.89 bits per heavy atom. The van der Waals surface area contributed by atoms with Crippen molar-refractivity contribution < 1.29 is 8.91 Å². The van der Waals surface area contributed by atoms with Gasteiger partial charge in [-0.05, 0) is 35.5 Å². The summed E-state index contributed by atoms with van der Waals surface area (Å²) in [4.78, 5) is 13.4. The summed E-state index contributed by atoms with van der Waals surface area (Å²) in [6.07, 6.45) is 4.96. The van der Waals surface area contributed by atoms with Crippen molar-refractivity contribution in [3.8, 4) is 17.1 Å². The van der Waals surface area contributed by atoms with Crippen LogP contribution in [0.3, 0.4) is 0 Å². The van der Waals surface area contributed by atoms with E-state index in [0.717, 1.165) is 17.1 Å². The van der Waals surface area contributed by atoms with E-state index in [-0.39, 0.29) is 12.0 Å². The van der Waals surface area contributed by atoms with E-state index < -0.39 is 0 Å². The molecule has 2 aromatic carbocycles. The lowest BCUT2D eigenvalue weighted by Crippen LogP contribution is -2.43. The lowest BCUT2D eigenvalue weighted by molar-refractivity contribution is 0.430. The van der Waals surface area contributed by atoms with Gasteiger partial charge in [0.1, 0.15) is 18.5 Å². The highest BCUT2D eigenvalue weighted by molar-refractivity contribution is 5.85. The molecule has 0 aliphatic carbocycles. The number of hydrogen-bond donors (Lipinski definition) is 0. The Morgan fingerprint density at radius 3 is 2.79 bits per heavy atom. The van der Waals surface area contributed by atoms with Gasteiger partial charge in [0.15, 0.2) is 12.0 Å². The van der Waals surface area contributed by atoms with Crippen molar-refractivity contribution in [3.63, 3.8) is 0 Å². The number of fused-ring (bicyclic) bond motifs is 6. The molecule has 9 heteroatoms. The van der Waals surface area contributed by atoms with E-state index >= 15 is 0 Å². The molecule has 0 N–H and O–H groups in total. The third-order valence-electron chi connectivity index (χ3n) is 4.82. The minimum absolute atomic E-state index is 0.242. The van der Waals surface area contributed by atoms with Crippen molar-refractivity contribution in [1.29, 1.82) is 0 Å². The average molecular weight is 373 g/mol. The predicted octanol–water partition coefficient (Wildman–Crippen LogP) is 3.34. The maximum Gasteiger partial charge on any atom is 0.291 e. The lowest BCUT2D eigenvalue weighted by atomic mass is 10.1. The van der Waals surface area contributed by atoms with Gasteiger partial charge in [0.05, 0.1) is 11.9 Å². The molecule has 0 spiro atoms. The van der Waals surface area contributed by atoms with Gasteiger partial charge in [-0.15, -0.1) is 0 Å². The zero-order valence-corrected chi connectivity index (χ0v) is 14.3. The Morgan fingerprint density at radius 1 is 1.04 bits per heavy atom. The maximum absolute atomic E-state index is 13.2. The Bertz CT molecular complexity index is 1210. The third-order valence-corrected chi connectivity index (χ3v) is 4.82. The molecule has 1 atom stereocenters. The molecule has 4 heterocycles. The molecule has 28 heavy (non-hydrogen) atoms. The number of hydrogen-bond acceptors (Lipinski definition) is 7. The van der Waals surface area contributed by atoms with Gasteiger partial charge in [-0.3, -0.25) is 4.57 Å². The Kier molecular flexibility index (Phi) is 2.96. The first kappa shape index (κ1) is 15.1. The molecule has 6 rings (SSSR count). The van der Waals surface area contributed by atoms with Crippen molar-refractivity contribution in [3.05, 3.63) is 72.4 Å². The fraction of sp³-hybridized carbons (Fsp3) is 0.0526. The van der Waals surface area contributed by atoms with Crippen LogP contribution in [0.5, 0.6) is 0 Å². The number of para-hydroxylation sites is 1. The summed E-state index contributed by atoms with van der Waals surface area (Å²) >= 11 is 0. The van der Waals surface area contributed by atoms with E-state index in [1.807, 2.05) is 33.8 Å². The van der Waals surface area contributed by atoms with Gasteiger partial charge in [-0.1, -0.05) is 18.2 Å². The van der Waals surface area contributed by atoms with Crippen LogP contribution in [0, 0.1) is 5.82 Å². The first-order valence-corrected chi connectivity index (χ1v) is 8.62. The second kappa shape index (κ2) is 5.49. The summed E-state index contributed by atoms with van der Waals surface area (Å²) in [6, 6.07) is 14.0. The minimum atomic E-state index is -0.321. The predicted molar refractivity (Wildman–Crippen MR) is 99.4 cm³/mol. The number of anilines is 2. The molecule has 8 nitrogen and oxygen atoms in total. The smallest absolute Gasteiger partial charge is 0.291 e. The molecule has 1 unspecified atom stereocenters. The molecule has 4 aromatic rings. The Labute approximate surface area is 158 Å². The van der Waals surface area contributed by atoms with Crippen molar-refractivity contribution in [1.82, 2.24) is 19.7 Å². The number of imidazole rings is 1. The highest BCUT2D eigenvalue weighted by Crippen LogP contribution is 2.42. The summed E-state index contributed by atoms with van der Waals surface area (Å²) < 4.78 is 20.5. The molecule has 136 valence electrons. The SMILES string of the molecule is Fc1ccc(-c2nc(N3C=NC4c5ccccc5-n5cncc5N43)no2)cc1. The van der Waals surface area contributed by atoms with Crippen molar-refractivity contribution >= 4 is 18.1 Å². The fourth-order valence-electron chi connectivity index (χ4n) is 3.55.